The number of fused-ring (bicyclic) bond motifs is 9. The number of para-hydroxylation sites is 2. The molecule has 2 heterocycles. The molecule has 0 fully saturated rings. The lowest BCUT2D eigenvalue weighted by Gasteiger charge is -2.18. The van der Waals surface area contributed by atoms with Crippen molar-refractivity contribution in [2.24, 2.45) is 0 Å². The standard InChI is InChI=1S/C49H32N2O/c1-3-15-36(16-4-1)49-50-45-32-38(28-30-46(45)51(49)39-17-5-2-6-18-39)37-26-25-35-24-23-33-13-7-9-19-40(33)42-21-11-12-22-47(42)52-48-41-20-10-8-14-34(41)27-29-43(48)44(35)31-37/h1-32H/b24-23-. The lowest BCUT2D eigenvalue weighted by atomic mass is 9.91. The molecule has 8 aromatic carbocycles. The molecule has 0 spiro atoms. The van der Waals surface area contributed by atoms with E-state index in [-0.39, 0.29) is 0 Å². The fourth-order valence-electron chi connectivity index (χ4n) is 7.51. The SMILES string of the molecule is C1=C\c2ccc(-c3ccc4c(c3)nc(-c3ccccc3)n4-c3ccccc3)cc2-c2ccc3ccccc3c2Oc2ccccc2-c2ccccc2/1. The number of rotatable bonds is 3. The molecule has 3 heteroatoms. The third kappa shape index (κ3) is 5.10. The van der Waals surface area contributed by atoms with Crippen molar-refractivity contribution in [3.8, 4) is 62.0 Å². The first-order valence-electron chi connectivity index (χ1n) is 17.6. The minimum Gasteiger partial charge on any atom is -0.455 e. The van der Waals surface area contributed by atoms with Gasteiger partial charge in [-0.25, -0.2) is 4.98 Å². The van der Waals surface area contributed by atoms with Gasteiger partial charge in [-0.05, 0) is 81.2 Å². The monoisotopic (exact) mass is 664 g/mol. The van der Waals surface area contributed by atoms with Crippen LogP contribution in [0.5, 0.6) is 11.5 Å². The predicted molar refractivity (Wildman–Crippen MR) is 216 cm³/mol. The summed E-state index contributed by atoms with van der Waals surface area (Å²) in [5.74, 6) is 2.60. The van der Waals surface area contributed by atoms with Crippen LogP contribution in [0.2, 0.25) is 0 Å². The van der Waals surface area contributed by atoms with Crippen LogP contribution in [0, 0.1) is 0 Å². The Morgan fingerprint density at radius 2 is 1.12 bits per heavy atom. The molecule has 0 saturated carbocycles. The maximum absolute atomic E-state index is 7.06. The van der Waals surface area contributed by atoms with Crippen molar-refractivity contribution in [3.05, 3.63) is 193 Å². The van der Waals surface area contributed by atoms with Gasteiger partial charge in [0.1, 0.15) is 17.3 Å². The van der Waals surface area contributed by atoms with E-state index >= 15 is 0 Å². The molecular weight excluding hydrogens is 633 g/mol. The van der Waals surface area contributed by atoms with E-state index in [0.717, 1.165) is 94.9 Å². The Labute approximate surface area is 302 Å². The van der Waals surface area contributed by atoms with Gasteiger partial charge < -0.3 is 4.74 Å². The molecule has 0 bridgehead atoms. The van der Waals surface area contributed by atoms with E-state index < -0.39 is 0 Å². The summed E-state index contributed by atoms with van der Waals surface area (Å²) in [6.07, 6.45) is 4.46. The van der Waals surface area contributed by atoms with Crippen molar-refractivity contribution >= 4 is 34.0 Å². The van der Waals surface area contributed by atoms with Gasteiger partial charge in [-0.2, -0.15) is 0 Å². The summed E-state index contributed by atoms with van der Waals surface area (Å²) in [6, 6.07) is 64.0. The van der Waals surface area contributed by atoms with Crippen LogP contribution in [-0.4, -0.2) is 9.55 Å². The Kier molecular flexibility index (Phi) is 7.14. The van der Waals surface area contributed by atoms with Gasteiger partial charge in [0.2, 0.25) is 0 Å². The average molecular weight is 665 g/mol. The number of hydrogen-bond acceptors (Lipinski definition) is 2. The van der Waals surface area contributed by atoms with E-state index in [2.05, 4.69) is 181 Å². The third-order valence-electron chi connectivity index (χ3n) is 10.0. The first-order chi connectivity index (χ1) is 25.8. The van der Waals surface area contributed by atoms with Crippen molar-refractivity contribution in [3.63, 3.8) is 0 Å². The van der Waals surface area contributed by atoms with Crippen LogP contribution in [0.25, 0.3) is 84.4 Å². The Balaban J connectivity index is 1.19. The number of imidazole rings is 1. The summed E-state index contributed by atoms with van der Waals surface area (Å²) in [7, 11) is 0. The number of ether oxygens (including phenoxy) is 1. The van der Waals surface area contributed by atoms with Crippen molar-refractivity contribution in [1.29, 1.82) is 0 Å². The highest BCUT2D eigenvalue weighted by atomic mass is 16.5. The maximum atomic E-state index is 7.06. The molecule has 244 valence electrons. The second-order valence-electron chi connectivity index (χ2n) is 13.2. The lowest BCUT2D eigenvalue weighted by molar-refractivity contribution is 0.492. The van der Waals surface area contributed by atoms with Gasteiger partial charge in [-0.15, -0.1) is 0 Å². The van der Waals surface area contributed by atoms with Crippen LogP contribution >= 0.6 is 0 Å². The van der Waals surface area contributed by atoms with Crippen LogP contribution in [-0.2, 0) is 0 Å². The topological polar surface area (TPSA) is 27.1 Å². The van der Waals surface area contributed by atoms with Gasteiger partial charge in [0, 0.05) is 27.8 Å². The quantitative estimate of drug-likeness (QED) is 0.188. The Hall–Kier alpha value is -6.97. The van der Waals surface area contributed by atoms with E-state index in [1.54, 1.807) is 0 Å². The van der Waals surface area contributed by atoms with E-state index in [1.165, 1.54) is 0 Å². The summed E-state index contributed by atoms with van der Waals surface area (Å²) in [6.45, 7) is 0. The molecule has 1 aliphatic heterocycles. The second kappa shape index (κ2) is 12.4. The van der Waals surface area contributed by atoms with Gasteiger partial charge >= 0.3 is 0 Å². The highest BCUT2D eigenvalue weighted by Crippen LogP contribution is 2.46. The number of nitrogens with zero attached hydrogens (tertiary/aromatic N) is 2. The zero-order valence-corrected chi connectivity index (χ0v) is 28.3. The molecule has 0 aliphatic carbocycles. The molecule has 0 unspecified atom stereocenters. The summed E-state index contributed by atoms with van der Waals surface area (Å²) in [4.78, 5) is 5.24. The Bertz CT molecular complexity index is 2810. The first kappa shape index (κ1) is 29.9. The zero-order valence-electron chi connectivity index (χ0n) is 28.3. The van der Waals surface area contributed by atoms with Crippen LogP contribution in [0.1, 0.15) is 11.1 Å². The summed E-state index contributed by atoms with van der Waals surface area (Å²) < 4.78 is 9.32. The Morgan fingerprint density at radius 1 is 0.442 bits per heavy atom. The normalized spacial score (nSPS) is 12.5. The third-order valence-corrected chi connectivity index (χ3v) is 10.0. The number of aromatic nitrogens is 2. The second-order valence-corrected chi connectivity index (χ2v) is 13.2. The molecule has 1 aliphatic rings. The summed E-state index contributed by atoms with van der Waals surface area (Å²) in [5.41, 5.74) is 13.0. The number of hydrogen-bond donors (Lipinski definition) is 0. The Morgan fingerprint density at radius 3 is 1.98 bits per heavy atom. The van der Waals surface area contributed by atoms with E-state index in [9.17, 15) is 0 Å². The van der Waals surface area contributed by atoms with Gasteiger partial charge in [0.15, 0.2) is 0 Å². The predicted octanol–water partition coefficient (Wildman–Crippen LogP) is 13.1. The minimum atomic E-state index is 0.828. The minimum absolute atomic E-state index is 0.828. The summed E-state index contributed by atoms with van der Waals surface area (Å²) in [5, 5.41) is 2.21. The van der Waals surface area contributed by atoms with Crippen LogP contribution in [0.4, 0.5) is 0 Å². The van der Waals surface area contributed by atoms with Gasteiger partial charge in [-0.3, -0.25) is 4.57 Å². The van der Waals surface area contributed by atoms with Gasteiger partial charge in [0.25, 0.3) is 0 Å². The molecule has 0 atom stereocenters. The van der Waals surface area contributed by atoms with E-state index in [1.807, 2.05) is 18.2 Å². The molecule has 52 heavy (non-hydrogen) atoms. The maximum Gasteiger partial charge on any atom is 0.145 e. The molecule has 10 rings (SSSR count). The highest BCUT2D eigenvalue weighted by Gasteiger charge is 2.20. The lowest BCUT2D eigenvalue weighted by Crippen LogP contribution is -1.97. The van der Waals surface area contributed by atoms with Gasteiger partial charge in [-0.1, -0.05) is 152 Å². The first-order valence-corrected chi connectivity index (χ1v) is 17.6. The van der Waals surface area contributed by atoms with E-state index in [4.69, 9.17) is 9.72 Å². The largest absolute Gasteiger partial charge is 0.455 e. The van der Waals surface area contributed by atoms with Crippen molar-refractivity contribution in [1.82, 2.24) is 9.55 Å². The van der Waals surface area contributed by atoms with Crippen molar-refractivity contribution < 1.29 is 4.74 Å². The summed E-state index contributed by atoms with van der Waals surface area (Å²) >= 11 is 0. The fourth-order valence-corrected chi connectivity index (χ4v) is 7.51. The molecule has 0 N–H and O–H groups in total. The zero-order chi connectivity index (χ0) is 34.4. The smallest absolute Gasteiger partial charge is 0.145 e. The molecule has 0 radical (unpaired) electrons. The molecule has 0 amide bonds. The molecule has 1 aromatic heterocycles. The van der Waals surface area contributed by atoms with Gasteiger partial charge in [0.05, 0.1) is 11.0 Å². The average Bonchev–Trinajstić information content (AvgIpc) is 3.59. The molecule has 9 aromatic rings. The van der Waals surface area contributed by atoms with E-state index in [0.29, 0.717) is 0 Å². The van der Waals surface area contributed by atoms with Crippen LogP contribution in [0.3, 0.4) is 0 Å². The van der Waals surface area contributed by atoms with Crippen molar-refractivity contribution in [2.45, 2.75) is 0 Å². The number of benzene rings is 8. The molecular formula is C49H32N2O. The van der Waals surface area contributed by atoms with Crippen LogP contribution < -0.4 is 4.74 Å². The molecule has 0 saturated heterocycles. The molecule has 3 nitrogen and oxygen atoms in total. The fraction of sp³-hybridized carbons (Fsp3) is 0. The highest BCUT2D eigenvalue weighted by molar-refractivity contribution is 5.99. The van der Waals surface area contributed by atoms with Crippen molar-refractivity contribution in [2.75, 3.05) is 0 Å². The van der Waals surface area contributed by atoms with Crippen LogP contribution in [0.15, 0.2) is 182 Å².